The maximum absolute atomic E-state index is 13.0. The Kier molecular flexibility index (Phi) is 12.8. The van der Waals surface area contributed by atoms with Gasteiger partial charge < -0.3 is 30.4 Å². The van der Waals surface area contributed by atoms with E-state index in [-0.39, 0.29) is 11.5 Å². The van der Waals surface area contributed by atoms with Crippen LogP contribution < -0.4 is 26.9 Å². The fourth-order valence-corrected chi connectivity index (χ4v) is 4.84. The van der Waals surface area contributed by atoms with Crippen LogP contribution in [0, 0.1) is 0 Å². The molecule has 4 aromatic rings. The van der Waals surface area contributed by atoms with Gasteiger partial charge in [0.25, 0.3) is 5.91 Å². The molecule has 0 aliphatic heterocycles. The van der Waals surface area contributed by atoms with E-state index in [0.29, 0.717) is 41.3 Å². The van der Waals surface area contributed by atoms with Crippen molar-refractivity contribution in [1.29, 1.82) is 0 Å². The Morgan fingerprint density at radius 3 is 2.00 bits per heavy atom. The summed E-state index contributed by atoms with van der Waals surface area (Å²) in [7, 11) is 0. The molecule has 4 rings (SSSR count). The molecule has 0 aliphatic rings. The first-order chi connectivity index (χ1) is 22.7. The summed E-state index contributed by atoms with van der Waals surface area (Å²) in [6.07, 6.45) is 5.66. The number of nitrogens with one attached hydrogen (secondary N) is 4. The molecule has 2 amide bonds. The summed E-state index contributed by atoms with van der Waals surface area (Å²) < 4.78 is 10.9. The zero-order chi connectivity index (χ0) is 33.6. The van der Waals surface area contributed by atoms with E-state index in [4.69, 9.17) is 9.15 Å². The van der Waals surface area contributed by atoms with Gasteiger partial charge in [-0.15, -0.1) is 0 Å². The molecule has 0 bridgehead atoms. The summed E-state index contributed by atoms with van der Waals surface area (Å²) in [6.45, 7) is 12.7. The maximum Gasteiger partial charge on any atom is 0.349 e. The Balaban J connectivity index is 1.22. The molecule has 0 atom stereocenters. The normalized spacial score (nSPS) is 10.7. The molecule has 0 unspecified atom stereocenters. The summed E-state index contributed by atoms with van der Waals surface area (Å²) >= 11 is 0. The Labute approximate surface area is 276 Å². The van der Waals surface area contributed by atoms with Crippen LogP contribution in [0.4, 0.5) is 17.1 Å². The molecule has 9 heteroatoms. The van der Waals surface area contributed by atoms with Crippen LogP contribution in [-0.2, 0) is 22.4 Å². The van der Waals surface area contributed by atoms with Crippen LogP contribution in [-0.4, -0.2) is 31.6 Å². The number of carbonyl (C=O) groups excluding carboxylic acids is 2. The number of aryl methyl sites for hydroxylation is 2. The van der Waals surface area contributed by atoms with Gasteiger partial charge in [-0.3, -0.25) is 9.59 Å². The topological polar surface area (TPSA) is 122 Å². The third kappa shape index (κ3) is 11.2. The quantitative estimate of drug-likeness (QED) is 0.0295. The zero-order valence-corrected chi connectivity index (χ0v) is 27.2. The number of benzene rings is 3. The van der Waals surface area contributed by atoms with Crippen LogP contribution in [0.3, 0.4) is 0 Å². The second-order valence-corrected chi connectivity index (χ2v) is 11.6. The van der Waals surface area contributed by atoms with Gasteiger partial charge in [0.2, 0.25) is 5.91 Å². The molecule has 9 nitrogen and oxygen atoms in total. The van der Waals surface area contributed by atoms with Gasteiger partial charge in [0.15, 0.2) is 6.73 Å². The van der Waals surface area contributed by atoms with Gasteiger partial charge in [-0.2, -0.15) is 0 Å². The fourth-order valence-electron chi connectivity index (χ4n) is 4.84. The van der Waals surface area contributed by atoms with Crippen LogP contribution in [0.1, 0.15) is 61.0 Å². The average Bonchev–Trinajstić information content (AvgIpc) is 3.05. The molecule has 0 saturated heterocycles. The van der Waals surface area contributed by atoms with Gasteiger partial charge in [0, 0.05) is 47.2 Å². The molecule has 4 N–H and O–H groups in total. The molecule has 246 valence electrons. The summed E-state index contributed by atoms with van der Waals surface area (Å²) in [5.74, 6) is 0.0523. The Morgan fingerprint density at radius 1 is 0.745 bits per heavy atom. The van der Waals surface area contributed by atoms with E-state index >= 15 is 0 Å². The number of unbranched alkanes of at least 4 members (excludes halogenated alkanes) is 3. The predicted molar refractivity (Wildman–Crippen MR) is 190 cm³/mol. The summed E-state index contributed by atoms with van der Waals surface area (Å²) in [6, 6.07) is 22.9. The summed E-state index contributed by atoms with van der Waals surface area (Å²) in [5.41, 5.74) is 4.97. The van der Waals surface area contributed by atoms with Crippen LogP contribution in [0.25, 0.3) is 11.0 Å². The largest absolute Gasteiger partial charge is 0.479 e. The van der Waals surface area contributed by atoms with Crippen LogP contribution >= 0.6 is 0 Å². The van der Waals surface area contributed by atoms with Gasteiger partial charge in [-0.05, 0) is 93.1 Å². The second kappa shape index (κ2) is 17.4. The molecule has 1 heterocycles. The molecule has 0 fully saturated rings. The SMILES string of the molecule is C=C(C)OCNc1ccc(CCc2ccc(NC(=O)c3cc4ccc(NCCCCCCNC(=O)C(=C)C)cc4oc3=O)cc2)cc1. The molecule has 0 radical (unpaired) electrons. The van der Waals surface area contributed by atoms with E-state index in [1.807, 2.05) is 55.5 Å². The van der Waals surface area contributed by atoms with E-state index in [1.165, 1.54) is 5.56 Å². The molecular formula is C38H44N4O5. The van der Waals surface area contributed by atoms with Crippen molar-refractivity contribution in [3.8, 4) is 0 Å². The summed E-state index contributed by atoms with van der Waals surface area (Å²) in [5, 5.41) is 12.9. The van der Waals surface area contributed by atoms with Crippen molar-refractivity contribution in [3.63, 3.8) is 0 Å². The number of fused-ring (bicyclic) bond motifs is 1. The van der Waals surface area contributed by atoms with Gasteiger partial charge in [0.1, 0.15) is 11.1 Å². The Hall–Kier alpha value is -5.31. The molecule has 1 aromatic heterocycles. The molecule has 47 heavy (non-hydrogen) atoms. The zero-order valence-electron chi connectivity index (χ0n) is 27.2. The third-order valence-electron chi connectivity index (χ3n) is 7.55. The van der Waals surface area contributed by atoms with Crippen molar-refractivity contribution < 1.29 is 18.7 Å². The van der Waals surface area contributed by atoms with Crippen molar-refractivity contribution in [3.05, 3.63) is 124 Å². The smallest absolute Gasteiger partial charge is 0.349 e. The van der Waals surface area contributed by atoms with E-state index in [2.05, 4.69) is 46.6 Å². The Bertz CT molecular complexity index is 1740. The van der Waals surface area contributed by atoms with Crippen LogP contribution in [0.15, 0.2) is 106 Å². The highest BCUT2D eigenvalue weighted by Crippen LogP contribution is 2.20. The lowest BCUT2D eigenvalue weighted by Crippen LogP contribution is -2.24. The highest BCUT2D eigenvalue weighted by molar-refractivity contribution is 6.05. The van der Waals surface area contributed by atoms with E-state index < -0.39 is 11.5 Å². The molecule has 0 spiro atoms. The van der Waals surface area contributed by atoms with Crippen molar-refractivity contribution in [2.75, 3.05) is 35.8 Å². The minimum absolute atomic E-state index is 0.0501. The number of amides is 2. The standard InChI is InChI=1S/C38H44N4O5/c1-26(2)36(43)40-22-8-6-5-7-21-39-33-20-15-30-23-34(38(45)47-35(30)24-33)37(44)42-32-18-13-29(14-19-32)10-9-28-11-16-31(17-12-28)41-25-46-27(3)4/h11-20,23-24,39,41H,1,3,5-10,21-22,25H2,2,4H3,(H,40,43)(H,42,44). The maximum atomic E-state index is 13.0. The number of anilines is 3. The van der Waals surface area contributed by atoms with Gasteiger partial charge in [-0.1, -0.05) is 50.3 Å². The van der Waals surface area contributed by atoms with Crippen molar-refractivity contribution in [1.82, 2.24) is 5.32 Å². The molecule has 0 aliphatic carbocycles. The number of ether oxygens (including phenoxy) is 1. The van der Waals surface area contributed by atoms with Gasteiger partial charge >= 0.3 is 5.63 Å². The molecule has 3 aromatic carbocycles. The monoisotopic (exact) mass is 636 g/mol. The number of rotatable bonds is 18. The lowest BCUT2D eigenvalue weighted by Gasteiger charge is -2.10. The van der Waals surface area contributed by atoms with Crippen molar-refractivity contribution >= 4 is 39.8 Å². The number of hydrogen-bond acceptors (Lipinski definition) is 7. The number of allylic oxidation sites excluding steroid dienone is 1. The molecule has 0 saturated carbocycles. The van der Waals surface area contributed by atoms with Crippen LogP contribution in [0.2, 0.25) is 0 Å². The highest BCUT2D eigenvalue weighted by atomic mass is 16.5. The lowest BCUT2D eigenvalue weighted by atomic mass is 10.0. The predicted octanol–water partition coefficient (Wildman–Crippen LogP) is 7.41. The van der Waals surface area contributed by atoms with E-state index in [0.717, 1.165) is 62.0 Å². The van der Waals surface area contributed by atoms with Gasteiger partial charge in [0.05, 0.1) is 5.76 Å². The first-order valence-electron chi connectivity index (χ1n) is 15.9. The average molecular weight is 637 g/mol. The molecular weight excluding hydrogens is 592 g/mol. The summed E-state index contributed by atoms with van der Waals surface area (Å²) in [4.78, 5) is 37.2. The second-order valence-electron chi connectivity index (χ2n) is 11.6. The highest BCUT2D eigenvalue weighted by Gasteiger charge is 2.14. The number of carbonyl (C=O) groups is 2. The first-order valence-corrected chi connectivity index (χ1v) is 15.9. The van der Waals surface area contributed by atoms with E-state index in [1.54, 1.807) is 19.1 Å². The Morgan fingerprint density at radius 2 is 1.36 bits per heavy atom. The van der Waals surface area contributed by atoms with Gasteiger partial charge in [-0.25, -0.2) is 4.79 Å². The van der Waals surface area contributed by atoms with E-state index in [9.17, 15) is 14.4 Å². The van der Waals surface area contributed by atoms with Crippen molar-refractivity contribution in [2.45, 2.75) is 52.4 Å². The first kappa shape index (κ1) is 34.6. The lowest BCUT2D eigenvalue weighted by molar-refractivity contribution is -0.117. The number of hydrogen-bond donors (Lipinski definition) is 4. The minimum Gasteiger partial charge on any atom is -0.479 e. The van der Waals surface area contributed by atoms with Crippen molar-refractivity contribution in [2.24, 2.45) is 0 Å². The fraction of sp³-hybridized carbons (Fsp3) is 0.289. The minimum atomic E-state index is -0.688. The third-order valence-corrected chi connectivity index (χ3v) is 7.55. The van der Waals surface area contributed by atoms with Crippen LogP contribution in [0.5, 0.6) is 0 Å².